The van der Waals surface area contributed by atoms with Crippen molar-refractivity contribution in [3.63, 3.8) is 0 Å². The molecule has 1 aliphatic carbocycles. The van der Waals surface area contributed by atoms with Gasteiger partial charge in [-0.1, -0.05) is 6.42 Å². The molecule has 1 heterocycles. The number of thiazole rings is 1. The van der Waals surface area contributed by atoms with Crippen molar-refractivity contribution in [2.75, 3.05) is 0 Å². The molecule has 0 aliphatic heterocycles. The smallest absolute Gasteiger partial charge is 0.0898 e. The zero-order chi connectivity index (χ0) is 10.8. The molecule has 1 saturated carbocycles. The molecule has 0 radical (unpaired) electrons. The Kier molecular flexibility index (Phi) is 3.42. The van der Waals surface area contributed by atoms with Gasteiger partial charge in [0.25, 0.3) is 0 Å². The van der Waals surface area contributed by atoms with Gasteiger partial charge in [0.05, 0.1) is 10.7 Å². The average molecular weight is 224 g/mol. The molecule has 1 aliphatic rings. The molecule has 2 unspecified atom stereocenters. The van der Waals surface area contributed by atoms with Crippen LogP contribution in [0.3, 0.4) is 0 Å². The van der Waals surface area contributed by atoms with E-state index in [1.807, 2.05) is 0 Å². The van der Waals surface area contributed by atoms with Crippen LogP contribution in [-0.2, 0) is 0 Å². The molecule has 0 saturated heterocycles. The third-order valence-corrected chi connectivity index (χ3v) is 4.24. The topological polar surface area (TPSA) is 24.9 Å². The van der Waals surface area contributed by atoms with E-state index in [0.717, 1.165) is 10.9 Å². The van der Waals surface area contributed by atoms with Crippen LogP contribution in [0.25, 0.3) is 0 Å². The molecule has 2 nitrogen and oxygen atoms in total. The maximum absolute atomic E-state index is 4.52. The number of aromatic nitrogens is 1. The van der Waals surface area contributed by atoms with Gasteiger partial charge in [-0.15, -0.1) is 11.3 Å². The first-order valence-corrected chi connectivity index (χ1v) is 6.73. The largest absolute Gasteiger partial charge is 0.306 e. The quantitative estimate of drug-likeness (QED) is 0.849. The SMILES string of the molecule is Cc1nc(C(C)NC(C)C2CCC2)cs1. The van der Waals surface area contributed by atoms with Crippen LogP contribution < -0.4 is 5.32 Å². The first kappa shape index (κ1) is 11.1. The molecule has 1 aromatic rings. The fourth-order valence-electron chi connectivity index (χ4n) is 2.13. The van der Waals surface area contributed by atoms with Gasteiger partial charge in [0.2, 0.25) is 0 Å². The van der Waals surface area contributed by atoms with Crippen LogP contribution in [0.2, 0.25) is 0 Å². The molecule has 1 N–H and O–H groups in total. The second-order valence-corrected chi connectivity index (χ2v) is 5.72. The maximum atomic E-state index is 4.52. The Bertz CT molecular complexity index is 317. The Morgan fingerprint density at radius 2 is 2.20 bits per heavy atom. The van der Waals surface area contributed by atoms with Crippen molar-refractivity contribution >= 4 is 11.3 Å². The van der Waals surface area contributed by atoms with E-state index in [1.165, 1.54) is 25.0 Å². The molecule has 3 heteroatoms. The lowest BCUT2D eigenvalue weighted by Gasteiger charge is -2.33. The van der Waals surface area contributed by atoms with Crippen molar-refractivity contribution in [2.45, 2.75) is 52.1 Å². The summed E-state index contributed by atoms with van der Waals surface area (Å²) in [6.45, 7) is 6.58. The van der Waals surface area contributed by atoms with Crippen molar-refractivity contribution < 1.29 is 0 Å². The fourth-order valence-corrected chi connectivity index (χ4v) is 2.84. The van der Waals surface area contributed by atoms with Crippen molar-refractivity contribution in [1.82, 2.24) is 10.3 Å². The summed E-state index contributed by atoms with van der Waals surface area (Å²) in [6.07, 6.45) is 4.22. The lowest BCUT2D eigenvalue weighted by Crippen LogP contribution is -2.38. The molecule has 84 valence electrons. The Balaban J connectivity index is 1.88. The van der Waals surface area contributed by atoms with Gasteiger partial charge >= 0.3 is 0 Å². The first-order valence-electron chi connectivity index (χ1n) is 5.85. The van der Waals surface area contributed by atoms with Crippen LogP contribution in [-0.4, -0.2) is 11.0 Å². The Morgan fingerprint density at radius 3 is 2.67 bits per heavy atom. The van der Waals surface area contributed by atoms with E-state index in [1.54, 1.807) is 11.3 Å². The normalized spacial score (nSPS) is 21.0. The number of nitrogens with zero attached hydrogens (tertiary/aromatic N) is 1. The summed E-state index contributed by atoms with van der Waals surface area (Å²) in [5.74, 6) is 0.896. The van der Waals surface area contributed by atoms with E-state index in [4.69, 9.17) is 0 Å². The van der Waals surface area contributed by atoms with Gasteiger partial charge in [0, 0.05) is 17.5 Å². The molecule has 2 atom stereocenters. The third-order valence-electron chi connectivity index (χ3n) is 3.45. The summed E-state index contributed by atoms with van der Waals surface area (Å²) in [6, 6.07) is 1.03. The molecular weight excluding hydrogens is 204 g/mol. The van der Waals surface area contributed by atoms with E-state index in [2.05, 4.69) is 36.5 Å². The van der Waals surface area contributed by atoms with Gasteiger partial charge < -0.3 is 5.32 Å². The lowest BCUT2D eigenvalue weighted by molar-refractivity contribution is 0.229. The van der Waals surface area contributed by atoms with Crippen LogP contribution >= 0.6 is 11.3 Å². The summed E-state index contributed by atoms with van der Waals surface area (Å²) in [5, 5.41) is 6.98. The van der Waals surface area contributed by atoms with Gasteiger partial charge in [-0.25, -0.2) is 4.98 Å². The highest BCUT2D eigenvalue weighted by Gasteiger charge is 2.25. The number of rotatable bonds is 4. The minimum absolute atomic E-state index is 0.394. The van der Waals surface area contributed by atoms with Crippen molar-refractivity contribution in [2.24, 2.45) is 5.92 Å². The van der Waals surface area contributed by atoms with E-state index in [9.17, 15) is 0 Å². The molecule has 1 aromatic heterocycles. The Morgan fingerprint density at radius 1 is 1.47 bits per heavy atom. The van der Waals surface area contributed by atoms with Gasteiger partial charge in [0.1, 0.15) is 0 Å². The van der Waals surface area contributed by atoms with E-state index in [0.29, 0.717) is 12.1 Å². The highest BCUT2D eigenvalue weighted by Crippen LogP contribution is 2.30. The summed E-state index contributed by atoms with van der Waals surface area (Å²) in [7, 11) is 0. The molecule has 0 spiro atoms. The Labute approximate surface area is 96.1 Å². The summed E-state index contributed by atoms with van der Waals surface area (Å²) >= 11 is 1.74. The van der Waals surface area contributed by atoms with Crippen LogP contribution in [0.15, 0.2) is 5.38 Å². The minimum Gasteiger partial charge on any atom is -0.306 e. The van der Waals surface area contributed by atoms with E-state index >= 15 is 0 Å². The molecule has 0 amide bonds. The van der Waals surface area contributed by atoms with Gasteiger partial charge in [0.15, 0.2) is 0 Å². The van der Waals surface area contributed by atoms with Gasteiger partial charge in [-0.3, -0.25) is 0 Å². The van der Waals surface area contributed by atoms with Crippen molar-refractivity contribution in [3.8, 4) is 0 Å². The molecule has 0 aromatic carbocycles. The molecule has 15 heavy (non-hydrogen) atoms. The van der Waals surface area contributed by atoms with Crippen LogP contribution in [0.4, 0.5) is 0 Å². The van der Waals surface area contributed by atoms with Gasteiger partial charge in [-0.2, -0.15) is 0 Å². The first-order chi connectivity index (χ1) is 7.16. The Hall–Kier alpha value is -0.410. The average Bonchev–Trinajstić information content (AvgIpc) is 2.48. The maximum Gasteiger partial charge on any atom is 0.0898 e. The highest BCUT2D eigenvalue weighted by molar-refractivity contribution is 7.09. The predicted octanol–water partition coefficient (Wildman–Crippen LogP) is 3.29. The van der Waals surface area contributed by atoms with E-state index in [-0.39, 0.29) is 0 Å². The summed E-state index contributed by atoms with van der Waals surface area (Å²) < 4.78 is 0. The monoisotopic (exact) mass is 224 g/mol. The molecule has 2 rings (SSSR count). The zero-order valence-corrected chi connectivity index (χ0v) is 10.6. The molecule has 0 bridgehead atoms. The number of hydrogen-bond acceptors (Lipinski definition) is 3. The molecular formula is C12H20N2S. The standard InChI is InChI=1S/C12H20N2S/c1-8(11-5-4-6-11)13-9(2)12-7-15-10(3)14-12/h7-9,11,13H,4-6H2,1-3H3. The number of nitrogens with one attached hydrogen (secondary N) is 1. The summed E-state index contributed by atoms with van der Waals surface area (Å²) in [4.78, 5) is 4.52. The zero-order valence-electron chi connectivity index (χ0n) is 9.79. The number of hydrogen-bond donors (Lipinski definition) is 1. The predicted molar refractivity (Wildman–Crippen MR) is 65.2 cm³/mol. The lowest BCUT2D eigenvalue weighted by atomic mass is 9.80. The second kappa shape index (κ2) is 4.62. The highest BCUT2D eigenvalue weighted by atomic mass is 32.1. The van der Waals surface area contributed by atoms with Crippen molar-refractivity contribution in [1.29, 1.82) is 0 Å². The van der Waals surface area contributed by atoms with E-state index < -0.39 is 0 Å². The minimum atomic E-state index is 0.394. The van der Waals surface area contributed by atoms with Gasteiger partial charge in [-0.05, 0) is 39.5 Å². The van der Waals surface area contributed by atoms with Crippen LogP contribution in [0.5, 0.6) is 0 Å². The molecule has 1 fully saturated rings. The fraction of sp³-hybridized carbons (Fsp3) is 0.750. The number of aryl methyl sites for hydroxylation is 1. The van der Waals surface area contributed by atoms with Crippen LogP contribution in [0.1, 0.15) is 49.9 Å². The van der Waals surface area contributed by atoms with Crippen molar-refractivity contribution in [3.05, 3.63) is 16.1 Å². The van der Waals surface area contributed by atoms with Crippen LogP contribution in [0, 0.1) is 12.8 Å². The third kappa shape index (κ3) is 2.58. The summed E-state index contributed by atoms with van der Waals surface area (Å²) in [5.41, 5.74) is 1.20. The second-order valence-electron chi connectivity index (χ2n) is 4.66.